The van der Waals surface area contributed by atoms with Crippen LogP contribution in [0.2, 0.25) is 0 Å². The third-order valence-electron chi connectivity index (χ3n) is 5.45. The summed E-state index contributed by atoms with van der Waals surface area (Å²) in [5, 5.41) is 11.0. The molecule has 28 heavy (non-hydrogen) atoms. The van der Waals surface area contributed by atoms with Gasteiger partial charge in [-0.05, 0) is 12.0 Å². The number of imidazole rings is 1. The van der Waals surface area contributed by atoms with Crippen LogP contribution in [0.5, 0.6) is 0 Å². The highest BCUT2D eigenvalue weighted by Crippen LogP contribution is 2.24. The third-order valence-corrected chi connectivity index (χ3v) is 5.45. The number of likely N-dealkylation sites (tertiary alicyclic amines) is 1. The zero-order valence-corrected chi connectivity index (χ0v) is 17.2. The van der Waals surface area contributed by atoms with Crippen LogP contribution in [-0.4, -0.2) is 62.6 Å². The molecule has 1 aliphatic heterocycles. The number of carbonyl (C=O) groups excluding carboxylic acids is 1. The molecule has 6 nitrogen and oxygen atoms in total. The Labute approximate surface area is 167 Å². The molecule has 1 aromatic heterocycles. The van der Waals surface area contributed by atoms with E-state index < -0.39 is 5.60 Å². The molecule has 0 radical (unpaired) electrons. The summed E-state index contributed by atoms with van der Waals surface area (Å²) in [4.78, 5) is 20.9. The van der Waals surface area contributed by atoms with Crippen molar-refractivity contribution < 1.29 is 9.90 Å². The summed E-state index contributed by atoms with van der Waals surface area (Å²) in [7, 11) is 1.79. The van der Waals surface area contributed by atoms with Gasteiger partial charge < -0.3 is 14.6 Å². The predicted molar refractivity (Wildman–Crippen MR) is 110 cm³/mol. The van der Waals surface area contributed by atoms with Gasteiger partial charge in [-0.25, -0.2) is 4.98 Å². The number of rotatable bonds is 8. The number of carbonyl (C=O) groups is 1. The number of aliphatic hydroxyl groups is 1. The molecule has 1 saturated heterocycles. The lowest BCUT2D eigenvalue weighted by molar-refractivity contribution is -0.133. The summed E-state index contributed by atoms with van der Waals surface area (Å²) >= 11 is 0. The van der Waals surface area contributed by atoms with Gasteiger partial charge in [0, 0.05) is 58.0 Å². The van der Waals surface area contributed by atoms with Gasteiger partial charge >= 0.3 is 0 Å². The number of aryl methyl sites for hydroxylation is 1. The van der Waals surface area contributed by atoms with Gasteiger partial charge in [0.1, 0.15) is 5.82 Å². The van der Waals surface area contributed by atoms with Crippen molar-refractivity contribution in [2.45, 2.75) is 51.3 Å². The lowest BCUT2D eigenvalue weighted by atomic mass is 10.0. The number of benzene rings is 1. The van der Waals surface area contributed by atoms with E-state index >= 15 is 0 Å². The van der Waals surface area contributed by atoms with Gasteiger partial charge in [-0.1, -0.05) is 44.2 Å². The second-order valence-electron chi connectivity index (χ2n) is 8.30. The molecule has 1 fully saturated rings. The maximum Gasteiger partial charge on any atom is 0.224 e. The zero-order chi connectivity index (χ0) is 20.1. The highest BCUT2D eigenvalue weighted by molar-refractivity contribution is 5.75. The van der Waals surface area contributed by atoms with Gasteiger partial charge in [-0.15, -0.1) is 0 Å². The van der Waals surface area contributed by atoms with Crippen LogP contribution in [-0.2, 0) is 17.9 Å². The summed E-state index contributed by atoms with van der Waals surface area (Å²) < 4.78 is 2.04. The topological polar surface area (TPSA) is 61.6 Å². The van der Waals surface area contributed by atoms with Gasteiger partial charge in [0.2, 0.25) is 5.91 Å². The molecule has 6 heteroatoms. The van der Waals surface area contributed by atoms with Crippen LogP contribution in [0.25, 0.3) is 0 Å². The quantitative estimate of drug-likeness (QED) is 0.760. The molecule has 0 aliphatic carbocycles. The van der Waals surface area contributed by atoms with Crippen molar-refractivity contribution in [1.82, 2.24) is 19.4 Å². The largest absolute Gasteiger partial charge is 0.387 e. The lowest BCUT2D eigenvalue weighted by Crippen LogP contribution is -2.45. The molecule has 1 N–H and O–H groups in total. The molecule has 152 valence electrons. The number of likely N-dealkylation sites (N-methyl/N-ethyl adjacent to an activating group) is 1. The minimum Gasteiger partial charge on any atom is -0.387 e. The molecule has 2 heterocycles. The van der Waals surface area contributed by atoms with Crippen molar-refractivity contribution in [3.05, 3.63) is 54.1 Å². The lowest BCUT2D eigenvalue weighted by Gasteiger charge is -2.29. The first-order valence-electron chi connectivity index (χ1n) is 10.1. The first kappa shape index (κ1) is 20.6. The van der Waals surface area contributed by atoms with Crippen molar-refractivity contribution in [2.24, 2.45) is 0 Å². The van der Waals surface area contributed by atoms with Crippen LogP contribution in [0.4, 0.5) is 0 Å². The SMILES string of the molecule is CC(C)c1nccn1CCC(=O)N(C)CC1(O)CCN(Cc2ccccc2)C1. The first-order valence-corrected chi connectivity index (χ1v) is 10.1. The summed E-state index contributed by atoms with van der Waals surface area (Å²) in [6.45, 7) is 7.47. The Morgan fingerprint density at radius 1 is 1.32 bits per heavy atom. The smallest absolute Gasteiger partial charge is 0.224 e. The normalized spacial score (nSPS) is 20.0. The molecule has 0 spiro atoms. The Bertz CT molecular complexity index is 774. The van der Waals surface area contributed by atoms with Gasteiger partial charge in [0.05, 0.1) is 12.1 Å². The fraction of sp³-hybridized carbons (Fsp3) is 0.545. The molecule has 1 atom stereocenters. The Hall–Kier alpha value is -2.18. The van der Waals surface area contributed by atoms with Crippen molar-refractivity contribution >= 4 is 5.91 Å². The number of nitrogens with zero attached hydrogens (tertiary/aromatic N) is 4. The van der Waals surface area contributed by atoms with E-state index in [4.69, 9.17) is 0 Å². The van der Waals surface area contributed by atoms with E-state index in [0.29, 0.717) is 38.4 Å². The van der Waals surface area contributed by atoms with E-state index in [2.05, 4.69) is 35.9 Å². The summed E-state index contributed by atoms with van der Waals surface area (Å²) in [5.41, 5.74) is 0.412. The average Bonchev–Trinajstić information content (AvgIpc) is 3.27. The van der Waals surface area contributed by atoms with Crippen LogP contribution in [0.3, 0.4) is 0 Å². The van der Waals surface area contributed by atoms with Crippen molar-refractivity contribution in [3.63, 3.8) is 0 Å². The Balaban J connectivity index is 1.48. The number of aromatic nitrogens is 2. The minimum absolute atomic E-state index is 0.0540. The van der Waals surface area contributed by atoms with E-state index in [-0.39, 0.29) is 5.91 Å². The van der Waals surface area contributed by atoms with E-state index in [0.717, 1.165) is 18.9 Å². The van der Waals surface area contributed by atoms with Crippen LogP contribution >= 0.6 is 0 Å². The molecule has 0 bridgehead atoms. The van der Waals surface area contributed by atoms with E-state index in [1.807, 2.05) is 29.0 Å². The average molecular weight is 385 g/mol. The first-order chi connectivity index (χ1) is 13.4. The van der Waals surface area contributed by atoms with Gasteiger partial charge in [-0.2, -0.15) is 0 Å². The molecule has 3 rings (SSSR count). The monoisotopic (exact) mass is 384 g/mol. The number of hydrogen-bond donors (Lipinski definition) is 1. The highest BCUT2D eigenvalue weighted by Gasteiger charge is 2.37. The highest BCUT2D eigenvalue weighted by atomic mass is 16.3. The molecular formula is C22H32N4O2. The van der Waals surface area contributed by atoms with E-state index in [9.17, 15) is 9.90 Å². The molecule has 2 aromatic rings. The fourth-order valence-electron chi connectivity index (χ4n) is 3.99. The Morgan fingerprint density at radius 2 is 2.07 bits per heavy atom. The summed E-state index contributed by atoms with van der Waals surface area (Å²) in [5.74, 6) is 1.39. The molecule has 1 amide bonds. The van der Waals surface area contributed by atoms with Gasteiger partial charge in [0.25, 0.3) is 0 Å². The van der Waals surface area contributed by atoms with Crippen molar-refractivity contribution in [2.75, 3.05) is 26.7 Å². The number of β-amino-alcohol motifs (C(OH)–C–C–N with tert-alkyl or cyclic N) is 1. The van der Waals surface area contributed by atoms with E-state index in [1.54, 1.807) is 18.1 Å². The standard InChI is InChI=1S/C22H32N4O2/c1-18(2)21-23-11-14-26(21)12-9-20(27)24(3)16-22(28)10-13-25(17-22)15-19-7-5-4-6-8-19/h4-8,11,14,18,28H,9-10,12-13,15-17H2,1-3H3. The Kier molecular flexibility index (Phi) is 6.52. The number of amides is 1. The fourth-order valence-corrected chi connectivity index (χ4v) is 3.99. The van der Waals surface area contributed by atoms with Crippen LogP contribution in [0.15, 0.2) is 42.7 Å². The van der Waals surface area contributed by atoms with Crippen LogP contribution in [0.1, 0.15) is 44.0 Å². The van der Waals surface area contributed by atoms with Crippen LogP contribution in [0, 0.1) is 0 Å². The second kappa shape index (κ2) is 8.88. The molecule has 1 unspecified atom stereocenters. The summed E-state index contributed by atoms with van der Waals surface area (Å²) in [6, 6.07) is 10.3. The summed E-state index contributed by atoms with van der Waals surface area (Å²) in [6.07, 6.45) is 4.81. The third kappa shape index (κ3) is 5.20. The second-order valence-corrected chi connectivity index (χ2v) is 8.30. The minimum atomic E-state index is -0.836. The van der Waals surface area contributed by atoms with Crippen LogP contribution < -0.4 is 0 Å². The molecule has 1 aromatic carbocycles. The van der Waals surface area contributed by atoms with Crippen molar-refractivity contribution in [1.29, 1.82) is 0 Å². The Morgan fingerprint density at radius 3 is 2.79 bits per heavy atom. The van der Waals surface area contributed by atoms with E-state index in [1.165, 1.54) is 5.56 Å². The van der Waals surface area contributed by atoms with Gasteiger partial charge in [-0.3, -0.25) is 9.69 Å². The van der Waals surface area contributed by atoms with Crippen molar-refractivity contribution in [3.8, 4) is 0 Å². The maximum atomic E-state index is 12.6. The zero-order valence-electron chi connectivity index (χ0n) is 17.2. The maximum absolute atomic E-state index is 12.6. The number of hydrogen-bond acceptors (Lipinski definition) is 4. The molecule has 0 saturated carbocycles. The van der Waals surface area contributed by atoms with Gasteiger partial charge in [0.15, 0.2) is 0 Å². The predicted octanol–water partition coefficient (Wildman–Crippen LogP) is 2.49. The molecule has 1 aliphatic rings. The molecular weight excluding hydrogens is 352 g/mol.